The molecule has 0 saturated carbocycles. The second kappa shape index (κ2) is 8.93. The zero-order chi connectivity index (χ0) is 18.2. The van der Waals surface area contributed by atoms with Crippen LogP contribution in [0.5, 0.6) is 5.75 Å². The molecule has 0 aliphatic carbocycles. The van der Waals surface area contributed by atoms with Crippen LogP contribution in [0.2, 0.25) is 0 Å². The lowest BCUT2D eigenvalue weighted by molar-refractivity contribution is -0.120. The molecule has 0 aliphatic rings. The summed E-state index contributed by atoms with van der Waals surface area (Å²) in [5.74, 6) is -1.62. The first-order valence-corrected chi connectivity index (χ1v) is 8.10. The summed E-state index contributed by atoms with van der Waals surface area (Å²) in [5, 5.41) is 15.8. The lowest BCUT2D eigenvalue weighted by atomic mass is 10.2. The quantitative estimate of drug-likeness (QED) is 0.507. The lowest BCUT2D eigenvalue weighted by Crippen LogP contribution is -2.29. The van der Waals surface area contributed by atoms with Gasteiger partial charge in [-0.2, -0.15) is 5.10 Å². The summed E-state index contributed by atoms with van der Waals surface area (Å²) in [6, 6.07) is 10.4. The number of hydrogen-bond acceptors (Lipinski definition) is 4. The summed E-state index contributed by atoms with van der Waals surface area (Å²) < 4.78 is 14.2. The van der Waals surface area contributed by atoms with Gasteiger partial charge in [0, 0.05) is 23.0 Å². The molecule has 25 heavy (non-hydrogen) atoms. The molecule has 6 nitrogen and oxygen atoms in total. The third kappa shape index (κ3) is 5.68. The number of hydrogen-bond donors (Lipinski definition) is 3. The summed E-state index contributed by atoms with van der Waals surface area (Å²) in [4.78, 5) is 23.4. The highest BCUT2D eigenvalue weighted by atomic mass is 79.9. The van der Waals surface area contributed by atoms with Crippen molar-refractivity contribution in [1.29, 1.82) is 0 Å². The van der Waals surface area contributed by atoms with E-state index in [9.17, 15) is 19.1 Å². The number of aromatic hydroxyl groups is 1. The van der Waals surface area contributed by atoms with Crippen molar-refractivity contribution in [3.05, 3.63) is 63.9 Å². The van der Waals surface area contributed by atoms with Crippen molar-refractivity contribution in [1.82, 2.24) is 10.7 Å². The van der Waals surface area contributed by atoms with E-state index in [1.54, 1.807) is 18.2 Å². The molecule has 0 fully saturated rings. The van der Waals surface area contributed by atoms with E-state index >= 15 is 0 Å². The Bertz CT molecular complexity index is 811. The average molecular weight is 408 g/mol. The Morgan fingerprint density at radius 3 is 2.76 bits per heavy atom. The minimum atomic E-state index is -0.622. The Morgan fingerprint density at radius 1 is 1.24 bits per heavy atom. The van der Waals surface area contributed by atoms with Gasteiger partial charge in [0.05, 0.1) is 11.8 Å². The molecule has 0 aromatic heterocycles. The van der Waals surface area contributed by atoms with Crippen LogP contribution >= 0.6 is 15.9 Å². The van der Waals surface area contributed by atoms with Gasteiger partial charge in [-0.3, -0.25) is 9.59 Å². The van der Waals surface area contributed by atoms with E-state index in [1.165, 1.54) is 30.5 Å². The lowest BCUT2D eigenvalue weighted by Gasteiger charge is -2.05. The van der Waals surface area contributed by atoms with Gasteiger partial charge >= 0.3 is 0 Å². The molecular weight excluding hydrogens is 393 g/mol. The number of benzene rings is 2. The number of phenolic OH excluding ortho intramolecular Hbond substituents is 1. The third-order valence-corrected chi connectivity index (χ3v) is 3.63. The monoisotopic (exact) mass is 407 g/mol. The smallest absolute Gasteiger partial charge is 0.254 e. The molecule has 0 heterocycles. The summed E-state index contributed by atoms with van der Waals surface area (Å²) in [6.07, 6.45) is 1.28. The second-order valence-corrected chi connectivity index (χ2v) is 5.90. The minimum absolute atomic E-state index is 0.0258. The van der Waals surface area contributed by atoms with Crippen LogP contribution in [0.4, 0.5) is 4.39 Å². The van der Waals surface area contributed by atoms with E-state index in [1.807, 2.05) is 0 Å². The SMILES string of the molecule is O=C(CCNC(=O)c1ccccc1F)NN=Cc1cc(Br)ccc1O. The largest absolute Gasteiger partial charge is 0.507 e. The van der Waals surface area contributed by atoms with Crippen molar-refractivity contribution in [2.75, 3.05) is 6.54 Å². The normalized spacial score (nSPS) is 10.6. The predicted octanol–water partition coefficient (Wildman–Crippen LogP) is 2.56. The fraction of sp³-hybridized carbons (Fsp3) is 0.118. The van der Waals surface area contributed by atoms with Crippen molar-refractivity contribution >= 4 is 34.0 Å². The maximum atomic E-state index is 13.4. The number of nitrogens with one attached hydrogen (secondary N) is 2. The van der Waals surface area contributed by atoms with Gasteiger partial charge in [-0.1, -0.05) is 28.1 Å². The van der Waals surface area contributed by atoms with Crippen LogP contribution in [-0.4, -0.2) is 29.7 Å². The molecule has 0 aliphatic heterocycles. The molecule has 2 amide bonds. The van der Waals surface area contributed by atoms with Crippen molar-refractivity contribution < 1.29 is 19.1 Å². The van der Waals surface area contributed by atoms with Crippen LogP contribution in [0.1, 0.15) is 22.3 Å². The maximum Gasteiger partial charge on any atom is 0.254 e. The summed E-state index contributed by atoms with van der Waals surface area (Å²) in [6.45, 7) is 0.0383. The van der Waals surface area contributed by atoms with Gasteiger partial charge in [-0.05, 0) is 30.3 Å². The van der Waals surface area contributed by atoms with Gasteiger partial charge in [-0.25, -0.2) is 9.82 Å². The molecule has 2 rings (SSSR count). The van der Waals surface area contributed by atoms with E-state index in [0.717, 1.165) is 4.47 Å². The predicted molar refractivity (Wildman–Crippen MR) is 94.9 cm³/mol. The van der Waals surface area contributed by atoms with Gasteiger partial charge in [0.25, 0.3) is 5.91 Å². The zero-order valence-corrected chi connectivity index (χ0v) is 14.6. The maximum absolute atomic E-state index is 13.4. The Hall–Kier alpha value is -2.74. The molecule has 0 atom stereocenters. The molecular formula is C17H15BrFN3O3. The van der Waals surface area contributed by atoms with Crippen LogP contribution in [0.3, 0.4) is 0 Å². The van der Waals surface area contributed by atoms with E-state index in [-0.39, 0.29) is 24.3 Å². The average Bonchev–Trinajstić information content (AvgIpc) is 2.58. The number of carbonyl (C=O) groups excluding carboxylic acids is 2. The fourth-order valence-electron chi connectivity index (χ4n) is 1.89. The summed E-state index contributed by atoms with van der Waals surface area (Å²) in [7, 11) is 0. The van der Waals surface area contributed by atoms with Crippen molar-refractivity contribution in [3.63, 3.8) is 0 Å². The number of amides is 2. The van der Waals surface area contributed by atoms with Crippen molar-refractivity contribution in [2.45, 2.75) is 6.42 Å². The van der Waals surface area contributed by atoms with Gasteiger partial charge in [0.1, 0.15) is 11.6 Å². The van der Waals surface area contributed by atoms with Crippen LogP contribution in [0.25, 0.3) is 0 Å². The molecule has 130 valence electrons. The fourth-order valence-corrected chi connectivity index (χ4v) is 2.27. The summed E-state index contributed by atoms with van der Waals surface area (Å²) >= 11 is 3.26. The Morgan fingerprint density at radius 2 is 2.00 bits per heavy atom. The van der Waals surface area contributed by atoms with Crippen LogP contribution < -0.4 is 10.7 Å². The Balaban J connectivity index is 1.77. The standard InChI is InChI=1S/C17H15BrFN3O3/c18-12-5-6-15(23)11(9-12)10-21-22-16(24)7-8-20-17(25)13-3-1-2-4-14(13)19/h1-6,9-10,23H,7-8H2,(H,20,25)(H,22,24). The number of halogens is 2. The van der Waals surface area contributed by atoms with E-state index < -0.39 is 17.6 Å². The van der Waals surface area contributed by atoms with Crippen LogP contribution in [-0.2, 0) is 4.79 Å². The first kappa shape index (κ1) is 18.6. The molecule has 0 unspecified atom stereocenters. The summed E-state index contributed by atoms with van der Waals surface area (Å²) in [5.41, 5.74) is 2.64. The van der Waals surface area contributed by atoms with Crippen LogP contribution in [0, 0.1) is 5.82 Å². The Kier molecular flexibility index (Phi) is 6.64. The highest BCUT2D eigenvalue weighted by Gasteiger charge is 2.10. The molecule has 0 radical (unpaired) electrons. The number of nitrogens with zero attached hydrogens (tertiary/aromatic N) is 1. The molecule has 0 spiro atoms. The topological polar surface area (TPSA) is 90.8 Å². The first-order chi connectivity index (χ1) is 12.0. The van der Waals surface area contributed by atoms with Crippen molar-refractivity contribution in [3.8, 4) is 5.75 Å². The first-order valence-electron chi connectivity index (χ1n) is 7.30. The van der Waals surface area contributed by atoms with Gasteiger partial charge in [-0.15, -0.1) is 0 Å². The highest BCUT2D eigenvalue weighted by molar-refractivity contribution is 9.10. The molecule has 3 N–H and O–H groups in total. The van der Waals surface area contributed by atoms with Crippen molar-refractivity contribution in [2.24, 2.45) is 5.10 Å². The van der Waals surface area contributed by atoms with Gasteiger partial charge in [0.2, 0.25) is 5.91 Å². The molecule has 2 aromatic rings. The third-order valence-electron chi connectivity index (χ3n) is 3.14. The number of carbonyl (C=O) groups is 2. The van der Waals surface area contributed by atoms with E-state index in [0.29, 0.717) is 5.56 Å². The Labute approximate surface area is 151 Å². The molecule has 8 heteroatoms. The molecule has 0 saturated heterocycles. The minimum Gasteiger partial charge on any atom is -0.507 e. The van der Waals surface area contributed by atoms with Gasteiger partial charge in [0.15, 0.2) is 0 Å². The number of phenols is 1. The number of rotatable bonds is 6. The van der Waals surface area contributed by atoms with Gasteiger partial charge < -0.3 is 10.4 Å². The number of hydrazone groups is 1. The molecule has 2 aromatic carbocycles. The highest BCUT2D eigenvalue weighted by Crippen LogP contribution is 2.19. The second-order valence-electron chi connectivity index (χ2n) is 4.98. The molecule has 0 bridgehead atoms. The van der Waals surface area contributed by atoms with E-state index in [2.05, 4.69) is 31.8 Å². The zero-order valence-electron chi connectivity index (χ0n) is 13.0. The van der Waals surface area contributed by atoms with Crippen LogP contribution in [0.15, 0.2) is 52.0 Å². The van der Waals surface area contributed by atoms with E-state index in [4.69, 9.17) is 0 Å².